The molecule has 1 aromatic carbocycles. The van der Waals surface area contributed by atoms with Crippen molar-refractivity contribution in [2.75, 3.05) is 39.0 Å². The topological polar surface area (TPSA) is 52.7 Å². The van der Waals surface area contributed by atoms with Gasteiger partial charge in [-0.05, 0) is 87.8 Å². The van der Waals surface area contributed by atoms with Crippen molar-refractivity contribution < 1.29 is 9.59 Å². The number of hydrogen-bond donors (Lipinski definition) is 1. The zero-order chi connectivity index (χ0) is 20.6. The Hall–Kier alpha value is -1.88. The molecule has 0 saturated heterocycles. The van der Waals surface area contributed by atoms with E-state index in [4.69, 9.17) is 0 Å². The van der Waals surface area contributed by atoms with Gasteiger partial charge >= 0.3 is 0 Å². The normalized spacial score (nSPS) is 29.9. The molecule has 2 amide bonds. The summed E-state index contributed by atoms with van der Waals surface area (Å²) in [6, 6.07) is 7.69. The molecule has 158 valence electrons. The Balaban J connectivity index is 1.25. The molecule has 0 spiro atoms. The number of nitrogens with one attached hydrogen (secondary N) is 1. The Kier molecular flexibility index (Phi) is 5.69. The molecule has 29 heavy (non-hydrogen) atoms. The lowest BCUT2D eigenvalue weighted by Crippen LogP contribution is -2.51. The molecule has 1 aromatic rings. The number of carbonyl (C=O) groups is 2. The third-order valence-electron chi connectivity index (χ3n) is 7.32. The van der Waals surface area contributed by atoms with Crippen LogP contribution in [0.1, 0.15) is 44.1 Å². The quantitative estimate of drug-likeness (QED) is 0.766. The Bertz CT molecular complexity index is 723. The van der Waals surface area contributed by atoms with Gasteiger partial charge in [-0.1, -0.05) is 17.7 Å². The van der Waals surface area contributed by atoms with Gasteiger partial charge in [0.25, 0.3) is 0 Å². The van der Waals surface area contributed by atoms with Gasteiger partial charge in [-0.15, -0.1) is 0 Å². The summed E-state index contributed by atoms with van der Waals surface area (Å²) in [4.78, 5) is 28.7. The number of amides is 2. The van der Waals surface area contributed by atoms with E-state index in [1.54, 1.807) is 11.9 Å². The van der Waals surface area contributed by atoms with Gasteiger partial charge in [0.1, 0.15) is 0 Å². The summed E-state index contributed by atoms with van der Waals surface area (Å²) in [5.74, 6) is 2.64. The van der Waals surface area contributed by atoms with Gasteiger partial charge in [0.05, 0.1) is 13.1 Å². The van der Waals surface area contributed by atoms with E-state index in [9.17, 15) is 9.59 Å². The van der Waals surface area contributed by atoms with Gasteiger partial charge in [0.2, 0.25) is 11.8 Å². The Labute approximate surface area is 174 Å². The van der Waals surface area contributed by atoms with Crippen LogP contribution in [0.5, 0.6) is 0 Å². The zero-order valence-corrected chi connectivity index (χ0v) is 18.1. The predicted octanol–water partition coefficient (Wildman–Crippen LogP) is 3.54. The number of hydrogen-bond acceptors (Lipinski definition) is 3. The minimum atomic E-state index is -0.159. The van der Waals surface area contributed by atoms with Crippen LogP contribution in [0.3, 0.4) is 0 Å². The average molecular weight is 398 g/mol. The molecule has 5 nitrogen and oxygen atoms in total. The number of aryl methyl sites for hydroxylation is 1. The summed E-state index contributed by atoms with van der Waals surface area (Å²) < 4.78 is 0. The van der Waals surface area contributed by atoms with E-state index >= 15 is 0 Å². The lowest BCUT2D eigenvalue weighted by molar-refractivity contribution is -0.135. The third-order valence-corrected chi connectivity index (χ3v) is 7.32. The van der Waals surface area contributed by atoms with Crippen molar-refractivity contribution in [3.63, 3.8) is 0 Å². The zero-order valence-electron chi connectivity index (χ0n) is 18.1. The van der Waals surface area contributed by atoms with Crippen molar-refractivity contribution in [1.82, 2.24) is 9.80 Å². The molecule has 0 atom stereocenters. The highest BCUT2D eigenvalue weighted by molar-refractivity contribution is 5.94. The van der Waals surface area contributed by atoms with Crippen LogP contribution in [0.4, 0.5) is 5.69 Å². The van der Waals surface area contributed by atoms with Gasteiger partial charge in [0.15, 0.2) is 0 Å². The van der Waals surface area contributed by atoms with Crippen LogP contribution in [-0.2, 0) is 9.59 Å². The summed E-state index contributed by atoms with van der Waals surface area (Å²) >= 11 is 0. The molecule has 4 fully saturated rings. The standard InChI is InChI=1S/C24H35N3O2/c1-17-4-6-21(7-5-17)25-22(28)14-27(3)23(29)15-26(2)16-24-11-18-8-19(12-24)10-20(9-18)13-24/h4-7,18-20H,8-16H2,1-3H3,(H,25,28). The average Bonchev–Trinajstić information content (AvgIpc) is 2.61. The Morgan fingerprint density at radius 2 is 1.52 bits per heavy atom. The predicted molar refractivity (Wildman–Crippen MR) is 116 cm³/mol. The van der Waals surface area contributed by atoms with Crippen LogP contribution in [0.25, 0.3) is 0 Å². The van der Waals surface area contributed by atoms with Crippen LogP contribution < -0.4 is 5.32 Å². The summed E-state index contributed by atoms with van der Waals surface area (Å²) in [5, 5.41) is 2.86. The lowest BCUT2D eigenvalue weighted by atomic mass is 9.49. The SMILES string of the molecule is Cc1ccc(NC(=O)CN(C)C(=O)CN(C)CC23CC4CC(CC(C4)C2)C3)cc1. The summed E-state index contributed by atoms with van der Waals surface area (Å²) in [5.41, 5.74) is 2.35. The summed E-state index contributed by atoms with van der Waals surface area (Å²) in [6.07, 6.45) is 8.40. The maximum absolute atomic E-state index is 12.7. The van der Waals surface area contributed by atoms with Gasteiger partial charge in [-0.2, -0.15) is 0 Å². The number of nitrogens with zero attached hydrogens (tertiary/aromatic N) is 2. The number of likely N-dealkylation sites (N-methyl/N-ethyl adjacent to an activating group) is 2. The minimum Gasteiger partial charge on any atom is -0.335 e. The Morgan fingerprint density at radius 1 is 0.966 bits per heavy atom. The third kappa shape index (κ3) is 4.82. The fraction of sp³-hybridized carbons (Fsp3) is 0.667. The van der Waals surface area contributed by atoms with Crippen LogP contribution in [-0.4, -0.2) is 55.3 Å². The van der Waals surface area contributed by atoms with E-state index in [0.29, 0.717) is 12.0 Å². The molecule has 4 aliphatic carbocycles. The molecule has 5 rings (SSSR count). The van der Waals surface area contributed by atoms with Gasteiger partial charge in [0, 0.05) is 19.3 Å². The van der Waals surface area contributed by atoms with E-state index in [-0.39, 0.29) is 18.4 Å². The summed E-state index contributed by atoms with van der Waals surface area (Å²) in [6.45, 7) is 3.50. The molecule has 4 bridgehead atoms. The van der Waals surface area contributed by atoms with Crippen molar-refractivity contribution >= 4 is 17.5 Å². The smallest absolute Gasteiger partial charge is 0.243 e. The number of benzene rings is 1. The molecule has 4 saturated carbocycles. The molecular weight excluding hydrogens is 362 g/mol. The highest BCUT2D eigenvalue weighted by Crippen LogP contribution is 2.60. The molecule has 0 radical (unpaired) electrons. The van der Waals surface area contributed by atoms with Crippen molar-refractivity contribution in [2.24, 2.45) is 23.2 Å². The van der Waals surface area contributed by atoms with E-state index in [2.05, 4.69) is 17.3 Å². The van der Waals surface area contributed by atoms with Crippen LogP contribution in [0.15, 0.2) is 24.3 Å². The van der Waals surface area contributed by atoms with Crippen molar-refractivity contribution in [2.45, 2.75) is 45.4 Å². The number of rotatable bonds is 7. The fourth-order valence-electron chi connectivity index (χ4n) is 6.60. The Morgan fingerprint density at radius 3 is 2.07 bits per heavy atom. The minimum absolute atomic E-state index is 0.0104. The molecule has 1 N–H and O–H groups in total. The van der Waals surface area contributed by atoms with E-state index in [1.165, 1.54) is 38.5 Å². The first-order valence-corrected chi connectivity index (χ1v) is 11.1. The van der Waals surface area contributed by atoms with Gasteiger partial charge in [-0.3, -0.25) is 14.5 Å². The maximum Gasteiger partial charge on any atom is 0.243 e. The van der Waals surface area contributed by atoms with E-state index in [0.717, 1.165) is 35.5 Å². The van der Waals surface area contributed by atoms with Crippen LogP contribution >= 0.6 is 0 Å². The highest BCUT2D eigenvalue weighted by Gasteiger charge is 2.51. The van der Waals surface area contributed by atoms with Crippen molar-refractivity contribution in [1.29, 1.82) is 0 Å². The molecule has 0 unspecified atom stereocenters. The van der Waals surface area contributed by atoms with Gasteiger partial charge in [-0.25, -0.2) is 0 Å². The fourth-order valence-corrected chi connectivity index (χ4v) is 6.60. The molecular formula is C24H35N3O2. The number of carbonyl (C=O) groups excluding carboxylic acids is 2. The van der Waals surface area contributed by atoms with E-state index < -0.39 is 0 Å². The highest BCUT2D eigenvalue weighted by atomic mass is 16.2. The first-order valence-electron chi connectivity index (χ1n) is 11.1. The van der Waals surface area contributed by atoms with Crippen molar-refractivity contribution in [3.05, 3.63) is 29.8 Å². The maximum atomic E-state index is 12.7. The van der Waals surface area contributed by atoms with Crippen LogP contribution in [0, 0.1) is 30.1 Å². The molecule has 0 aromatic heterocycles. The summed E-state index contributed by atoms with van der Waals surface area (Å²) in [7, 11) is 3.78. The number of anilines is 1. The van der Waals surface area contributed by atoms with Crippen molar-refractivity contribution in [3.8, 4) is 0 Å². The van der Waals surface area contributed by atoms with Gasteiger partial charge < -0.3 is 10.2 Å². The van der Waals surface area contributed by atoms with E-state index in [1.807, 2.05) is 31.2 Å². The first-order chi connectivity index (χ1) is 13.8. The second kappa shape index (κ2) is 8.10. The lowest BCUT2D eigenvalue weighted by Gasteiger charge is -2.57. The molecule has 0 aliphatic heterocycles. The van der Waals surface area contributed by atoms with Crippen LogP contribution in [0.2, 0.25) is 0 Å². The molecule has 0 heterocycles. The monoisotopic (exact) mass is 397 g/mol. The first kappa shape index (κ1) is 20.4. The second-order valence-electron chi connectivity index (χ2n) is 10.3. The largest absolute Gasteiger partial charge is 0.335 e. The second-order valence-corrected chi connectivity index (χ2v) is 10.3. The molecule has 4 aliphatic rings. The molecule has 5 heteroatoms.